The molecule has 0 saturated heterocycles. The van der Waals surface area contributed by atoms with Crippen LogP contribution >= 0.6 is 0 Å². The number of nitrogen functional groups attached to an aromatic ring is 1. The Balaban J connectivity index is 1.65. The molecule has 0 fully saturated rings. The van der Waals surface area contributed by atoms with E-state index in [4.69, 9.17) is 10.5 Å². The Bertz CT molecular complexity index is 623. The maximum atomic E-state index is 12.2. The van der Waals surface area contributed by atoms with Crippen LogP contribution < -0.4 is 15.8 Å². The Morgan fingerprint density at radius 1 is 1.20 bits per heavy atom. The molecular weight excluding hydrogens is 252 g/mol. The number of fused-ring (bicyclic) bond motifs is 1. The van der Waals surface area contributed by atoms with Crippen LogP contribution in [0.5, 0.6) is 5.75 Å². The van der Waals surface area contributed by atoms with E-state index in [-0.39, 0.29) is 11.8 Å². The molecule has 4 nitrogen and oxygen atoms in total. The highest BCUT2D eigenvalue weighted by molar-refractivity contribution is 5.85. The number of nitrogens with one attached hydrogen (secondary N) is 1. The zero-order chi connectivity index (χ0) is 13.9. The fourth-order valence-electron chi connectivity index (χ4n) is 2.33. The van der Waals surface area contributed by atoms with Crippen LogP contribution in [-0.4, -0.2) is 12.5 Å². The first-order chi connectivity index (χ1) is 9.74. The van der Waals surface area contributed by atoms with E-state index in [1.54, 1.807) is 0 Å². The lowest BCUT2D eigenvalue weighted by Gasteiger charge is -2.10. The molecular formula is C16H16N2O2. The molecule has 0 bridgehead atoms. The minimum atomic E-state index is -0.222. The highest BCUT2D eigenvalue weighted by atomic mass is 16.5. The Kier molecular flexibility index (Phi) is 3.29. The van der Waals surface area contributed by atoms with E-state index in [0.29, 0.717) is 13.2 Å². The highest BCUT2D eigenvalue weighted by Gasteiger charge is 2.29. The van der Waals surface area contributed by atoms with Crippen LogP contribution in [0.2, 0.25) is 0 Å². The number of rotatable bonds is 3. The van der Waals surface area contributed by atoms with Crippen molar-refractivity contribution >= 4 is 11.6 Å². The minimum Gasteiger partial charge on any atom is -0.492 e. The molecule has 3 rings (SSSR count). The first-order valence-corrected chi connectivity index (χ1v) is 6.58. The summed E-state index contributed by atoms with van der Waals surface area (Å²) < 4.78 is 5.52. The lowest BCUT2D eigenvalue weighted by molar-refractivity contribution is -0.122. The van der Waals surface area contributed by atoms with Gasteiger partial charge in [-0.1, -0.05) is 30.3 Å². The third-order valence-electron chi connectivity index (χ3n) is 3.46. The Morgan fingerprint density at radius 3 is 2.75 bits per heavy atom. The van der Waals surface area contributed by atoms with Gasteiger partial charge >= 0.3 is 0 Å². The average Bonchev–Trinajstić information content (AvgIpc) is 2.90. The first kappa shape index (κ1) is 12.5. The van der Waals surface area contributed by atoms with Crippen LogP contribution in [-0.2, 0) is 11.3 Å². The molecule has 20 heavy (non-hydrogen) atoms. The second-order valence-corrected chi connectivity index (χ2v) is 4.86. The van der Waals surface area contributed by atoms with Crippen molar-refractivity contribution in [2.24, 2.45) is 0 Å². The Labute approximate surface area is 117 Å². The summed E-state index contributed by atoms with van der Waals surface area (Å²) in [7, 11) is 0. The van der Waals surface area contributed by atoms with Gasteiger partial charge in [0, 0.05) is 17.8 Å². The molecule has 1 aliphatic rings. The summed E-state index contributed by atoms with van der Waals surface area (Å²) in [4.78, 5) is 12.2. The lowest BCUT2D eigenvalue weighted by atomic mass is 10.0. The minimum absolute atomic E-state index is 0.00762. The summed E-state index contributed by atoms with van der Waals surface area (Å²) >= 11 is 0. The van der Waals surface area contributed by atoms with Crippen molar-refractivity contribution in [1.82, 2.24) is 5.32 Å². The largest absolute Gasteiger partial charge is 0.492 e. The van der Waals surface area contributed by atoms with Crippen LogP contribution in [0.4, 0.5) is 5.69 Å². The Hall–Kier alpha value is -2.49. The lowest BCUT2D eigenvalue weighted by Crippen LogP contribution is -2.29. The van der Waals surface area contributed by atoms with Crippen LogP contribution in [0, 0.1) is 0 Å². The van der Waals surface area contributed by atoms with E-state index >= 15 is 0 Å². The monoisotopic (exact) mass is 268 g/mol. The third-order valence-corrected chi connectivity index (χ3v) is 3.46. The van der Waals surface area contributed by atoms with E-state index < -0.39 is 0 Å². The van der Waals surface area contributed by atoms with Gasteiger partial charge in [0.1, 0.15) is 18.3 Å². The number of para-hydroxylation sites is 1. The summed E-state index contributed by atoms with van der Waals surface area (Å²) in [6.07, 6.45) is 0. The van der Waals surface area contributed by atoms with Gasteiger partial charge in [-0.15, -0.1) is 0 Å². The normalized spacial score (nSPS) is 16.3. The molecule has 3 N–H and O–H groups in total. The van der Waals surface area contributed by atoms with E-state index in [2.05, 4.69) is 5.32 Å². The van der Waals surface area contributed by atoms with Gasteiger partial charge in [0.25, 0.3) is 0 Å². The smallest absolute Gasteiger partial charge is 0.231 e. The molecule has 4 heteroatoms. The number of amides is 1. The average molecular weight is 268 g/mol. The summed E-state index contributed by atoms with van der Waals surface area (Å²) in [5.74, 6) is 0.576. The van der Waals surface area contributed by atoms with E-state index in [1.165, 1.54) is 0 Å². The van der Waals surface area contributed by atoms with Crippen LogP contribution in [0.15, 0.2) is 48.5 Å². The second kappa shape index (κ2) is 5.25. The van der Waals surface area contributed by atoms with Gasteiger partial charge in [0.05, 0.1) is 0 Å². The van der Waals surface area contributed by atoms with E-state index in [1.807, 2.05) is 48.5 Å². The van der Waals surface area contributed by atoms with Gasteiger partial charge in [-0.25, -0.2) is 0 Å². The molecule has 1 atom stereocenters. The van der Waals surface area contributed by atoms with Gasteiger partial charge in [0.2, 0.25) is 5.91 Å². The quantitative estimate of drug-likeness (QED) is 0.837. The summed E-state index contributed by atoms with van der Waals surface area (Å²) in [5, 5.41) is 2.94. The zero-order valence-electron chi connectivity index (χ0n) is 11.0. The molecule has 1 amide bonds. The standard InChI is InChI=1S/C16H16N2O2/c17-12-7-5-11(6-8-12)9-18-16(19)14-10-20-15-4-2-1-3-13(14)15/h1-8,14H,9-10,17H2,(H,18,19). The first-order valence-electron chi connectivity index (χ1n) is 6.58. The van der Waals surface area contributed by atoms with Gasteiger partial charge < -0.3 is 15.8 Å². The van der Waals surface area contributed by atoms with Gasteiger partial charge in [-0.2, -0.15) is 0 Å². The molecule has 0 aliphatic carbocycles. The van der Waals surface area contributed by atoms with Crippen molar-refractivity contribution in [1.29, 1.82) is 0 Å². The number of hydrogen-bond donors (Lipinski definition) is 2. The number of nitrogens with two attached hydrogens (primary N) is 1. The predicted molar refractivity (Wildman–Crippen MR) is 77.4 cm³/mol. The Morgan fingerprint density at radius 2 is 1.95 bits per heavy atom. The highest BCUT2D eigenvalue weighted by Crippen LogP contribution is 2.33. The molecule has 0 spiro atoms. The van der Waals surface area contributed by atoms with Gasteiger partial charge in [-0.3, -0.25) is 4.79 Å². The SMILES string of the molecule is Nc1ccc(CNC(=O)C2COc3ccccc32)cc1. The number of carbonyl (C=O) groups excluding carboxylic acids is 1. The van der Waals surface area contributed by atoms with Crippen molar-refractivity contribution in [2.75, 3.05) is 12.3 Å². The number of benzene rings is 2. The summed E-state index contributed by atoms with van der Waals surface area (Å²) in [6.45, 7) is 0.907. The molecule has 2 aromatic carbocycles. The second-order valence-electron chi connectivity index (χ2n) is 4.86. The fraction of sp³-hybridized carbons (Fsp3) is 0.188. The maximum absolute atomic E-state index is 12.2. The maximum Gasteiger partial charge on any atom is 0.231 e. The molecule has 1 aliphatic heterocycles. The van der Waals surface area contributed by atoms with Gasteiger partial charge in [-0.05, 0) is 23.8 Å². The molecule has 2 aromatic rings. The topological polar surface area (TPSA) is 64.3 Å². The predicted octanol–water partition coefficient (Wildman–Crippen LogP) is 2.06. The fourth-order valence-corrected chi connectivity index (χ4v) is 2.33. The van der Waals surface area contributed by atoms with Gasteiger partial charge in [0.15, 0.2) is 0 Å². The summed E-state index contributed by atoms with van der Waals surface area (Å²) in [6, 6.07) is 15.1. The van der Waals surface area contributed by atoms with Crippen LogP contribution in [0.3, 0.4) is 0 Å². The molecule has 0 aromatic heterocycles. The molecule has 1 unspecified atom stereocenters. The van der Waals surface area contributed by atoms with Crippen LogP contribution in [0.1, 0.15) is 17.0 Å². The molecule has 1 heterocycles. The van der Waals surface area contributed by atoms with E-state index in [9.17, 15) is 4.79 Å². The number of carbonyl (C=O) groups is 1. The van der Waals surface area contributed by atoms with Crippen molar-refractivity contribution < 1.29 is 9.53 Å². The zero-order valence-corrected chi connectivity index (χ0v) is 11.0. The summed E-state index contributed by atoms with van der Waals surface area (Å²) in [5.41, 5.74) is 8.34. The van der Waals surface area contributed by atoms with Crippen molar-refractivity contribution in [2.45, 2.75) is 12.5 Å². The number of hydrogen-bond acceptors (Lipinski definition) is 3. The van der Waals surface area contributed by atoms with Crippen LogP contribution in [0.25, 0.3) is 0 Å². The molecule has 0 saturated carbocycles. The number of anilines is 1. The molecule has 102 valence electrons. The van der Waals surface area contributed by atoms with E-state index in [0.717, 1.165) is 22.6 Å². The van der Waals surface area contributed by atoms with Crippen molar-refractivity contribution in [3.63, 3.8) is 0 Å². The third kappa shape index (κ3) is 2.45. The molecule has 0 radical (unpaired) electrons. The van der Waals surface area contributed by atoms with Crippen molar-refractivity contribution in [3.8, 4) is 5.75 Å². The number of ether oxygens (including phenoxy) is 1. The van der Waals surface area contributed by atoms with Crippen molar-refractivity contribution in [3.05, 3.63) is 59.7 Å².